The van der Waals surface area contributed by atoms with Crippen molar-refractivity contribution in [2.45, 2.75) is 56.1 Å². The molecular weight excluding hydrogens is 298 g/mol. The van der Waals surface area contributed by atoms with E-state index in [1.807, 2.05) is 4.68 Å². The minimum absolute atomic E-state index is 0.249. The molecule has 7 heteroatoms. The molecule has 6 nitrogen and oxygen atoms in total. The molecule has 0 radical (unpaired) electrons. The van der Waals surface area contributed by atoms with Crippen LogP contribution in [0.3, 0.4) is 0 Å². The number of aromatic nitrogens is 4. The van der Waals surface area contributed by atoms with Crippen LogP contribution < -0.4 is 0 Å². The maximum absolute atomic E-state index is 12.5. The van der Waals surface area contributed by atoms with Gasteiger partial charge in [-0.1, -0.05) is 31.0 Å². The number of nitrogens with zero attached hydrogens (tertiary/aromatic N) is 5. The van der Waals surface area contributed by atoms with Crippen molar-refractivity contribution in [2.75, 3.05) is 18.8 Å². The first-order valence-electron chi connectivity index (χ1n) is 8.49. The fourth-order valence-corrected chi connectivity index (χ4v) is 4.72. The summed E-state index contributed by atoms with van der Waals surface area (Å²) in [5.74, 6) is 2.32. The molecule has 120 valence electrons. The number of hydrogen-bond acceptors (Lipinski definition) is 5. The van der Waals surface area contributed by atoms with Crippen molar-refractivity contribution in [2.24, 2.45) is 11.8 Å². The van der Waals surface area contributed by atoms with Crippen molar-refractivity contribution >= 4 is 17.7 Å². The molecule has 2 atom stereocenters. The number of amides is 1. The molecule has 2 aliphatic carbocycles. The fraction of sp³-hybridized carbons (Fsp3) is 0.867. The summed E-state index contributed by atoms with van der Waals surface area (Å²) in [5.41, 5.74) is 0. The van der Waals surface area contributed by atoms with E-state index in [1.54, 1.807) is 0 Å². The molecule has 4 rings (SSSR count). The highest BCUT2D eigenvalue weighted by Gasteiger charge is 2.33. The van der Waals surface area contributed by atoms with E-state index in [-0.39, 0.29) is 5.91 Å². The second-order valence-corrected chi connectivity index (χ2v) is 7.80. The van der Waals surface area contributed by atoms with Gasteiger partial charge in [0, 0.05) is 13.1 Å². The van der Waals surface area contributed by atoms with Gasteiger partial charge in [-0.2, -0.15) is 0 Å². The van der Waals surface area contributed by atoms with Crippen molar-refractivity contribution in [3.8, 4) is 0 Å². The number of thioether (sulfide) groups is 1. The van der Waals surface area contributed by atoms with E-state index in [4.69, 9.17) is 0 Å². The van der Waals surface area contributed by atoms with E-state index in [0.29, 0.717) is 11.8 Å². The molecule has 1 aliphatic heterocycles. The average Bonchev–Trinajstić information content (AvgIpc) is 3.30. The van der Waals surface area contributed by atoms with Gasteiger partial charge in [-0.3, -0.25) is 4.79 Å². The van der Waals surface area contributed by atoms with Crippen LogP contribution in [0.2, 0.25) is 0 Å². The molecule has 0 bridgehead atoms. The monoisotopic (exact) mass is 321 g/mol. The lowest BCUT2D eigenvalue weighted by Gasteiger charge is -2.41. The predicted octanol–water partition coefficient (Wildman–Crippen LogP) is 2.14. The Morgan fingerprint density at radius 2 is 1.95 bits per heavy atom. The number of tetrazole rings is 1. The number of carbonyl (C=O) groups is 1. The Hall–Kier alpha value is -1.11. The van der Waals surface area contributed by atoms with Crippen molar-refractivity contribution < 1.29 is 4.79 Å². The fourth-order valence-electron chi connectivity index (χ4n) is 3.87. The van der Waals surface area contributed by atoms with E-state index >= 15 is 0 Å². The van der Waals surface area contributed by atoms with Crippen LogP contribution in [0.15, 0.2) is 5.16 Å². The molecule has 1 aromatic rings. The molecule has 22 heavy (non-hydrogen) atoms. The number of likely N-dealkylation sites (tertiary alicyclic amines) is 1. The topological polar surface area (TPSA) is 63.9 Å². The molecule has 1 saturated heterocycles. The maximum atomic E-state index is 12.5. The number of piperidine rings is 1. The Kier molecular flexibility index (Phi) is 4.07. The lowest BCUT2D eigenvalue weighted by atomic mass is 9.75. The van der Waals surface area contributed by atoms with E-state index in [1.165, 1.54) is 43.9 Å². The largest absolute Gasteiger partial charge is 0.342 e. The molecule has 2 saturated carbocycles. The van der Waals surface area contributed by atoms with E-state index in [9.17, 15) is 4.79 Å². The molecule has 0 spiro atoms. The van der Waals surface area contributed by atoms with Crippen LogP contribution in [-0.2, 0) is 4.79 Å². The van der Waals surface area contributed by atoms with E-state index in [2.05, 4.69) is 20.4 Å². The Morgan fingerprint density at radius 3 is 2.77 bits per heavy atom. The van der Waals surface area contributed by atoms with Crippen LogP contribution in [0.4, 0.5) is 0 Å². The molecule has 1 aromatic heterocycles. The van der Waals surface area contributed by atoms with E-state index in [0.717, 1.165) is 42.9 Å². The molecule has 2 unspecified atom stereocenters. The van der Waals surface area contributed by atoms with Gasteiger partial charge in [0.25, 0.3) is 0 Å². The zero-order valence-corrected chi connectivity index (χ0v) is 13.7. The van der Waals surface area contributed by atoms with Crippen molar-refractivity contribution in [1.29, 1.82) is 0 Å². The van der Waals surface area contributed by atoms with Gasteiger partial charge in [0.05, 0.1) is 11.8 Å². The quantitative estimate of drug-likeness (QED) is 0.795. The first-order valence-corrected chi connectivity index (χ1v) is 9.48. The second-order valence-electron chi connectivity index (χ2n) is 6.86. The minimum Gasteiger partial charge on any atom is -0.342 e. The van der Waals surface area contributed by atoms with E-state index < -0.39 is 0 Å². The first kappa shape index (κ1) is 14.5. The van der Waals surface area contributed by atoms with Gasteiger partial charge in [-0.25, -0.2) is 4.68 Å². The smallest absolute Gasteiger partial charge is 0.233 e. The van der Waals surface area contributed by atoms with Gasteiger partial charge >= 0.3 is 0 Å². The third-order valence-corrected chi connectivity index (χ3v) is 6.24. The number of rotatable bonds is 4. The highest BCUT2D eigenvalue weighted by Crippen LogP contribution is 2.37. The molecule has 2 heterocycles. The maximum Gasteiger partial charge on any atom is 0.233 e. The van der Waals surface area contributed by atoms with Crippen LogP contribution in [0.25, 0.3) is 0 Å². The SMILES string of the molecule is O=C(CSc1nnnn1C1CC1)N1CCC2CCCCC2C1. The van der Waals surface area contributed by atoms with Gasteiger partial charge < -0.3 is 4.90 Å². The number of carbonyl (C=O) groups excluding carboxylic acids is 1. The Labute approximate surface area is 135 Å². The van der Waals surface area contributed by atoms with Gasteiger partial charge in [0.15, 0.2) is 0 Å². The van der Waals surface area contributed by atoms with Gasteiger partial charge in [-0.15, -0.1) is 5.10 Å². The average molecular weight is 321 g/mol. The lowest BCUT2D eigenvalue weighted by molar-refractivity contribution is -0.131. The van der Waals surface area contributed by atoms with Crippen LogP contribution in [0, 0.1) is 11.8 Å². The normalized spacial score (nSPS) is 28.5. The molecule has 0 aromatic carbocycles. The van der Waals surface area contributed by atoms with Crippen molar-refractivity contribution in [1.82, 2.24) is 25.1 Å². The standard InChI is InChI=1S/C15H23N5OS/c21-14(10-22-15-16-17-18-20(15)13-5-6-13)19-8-7-11-3-1-2-4-12(11)9-19/h11-13H,1-10H2. The van der Waals surface area contributed by atoms with Gasteiger partial charge in [-0.05, 0) is 47.9 Å². The zero-order chi connectivity index (χ0) is 14.9. The Morgan fingerprint density at radius 1 is 1.14 bits per heavy atom. The second kappa shape index (κ2) is 6.18. The number of fused-ring (bicyclic) bond motifs is 1. The summed E-state index contributed by atoms with van der Waals surface area (Å²) in [7, 11) is 0. The molecule has 1 amide bonds. The highest BCUT2D eigenvalue weighted by atomic mass is 32.2. The highest BCUT2D eigenvalue weighted by molar-refractivity contribution is 7.99. The van der Waals surface area contributed by atoms with Gasteiger partial charge in [0.1, 0.15) is 0 Å². The summed E-state index contributed by atoms with van der Waals surface area (Å²) in [6, 6.07) is 0.464. The number of hydrogen-bond donors (Lipinski definition) is 0. The molecule has 3 aliphatic rings. The summed E-state index contributed by atoms with van der Waals surface area (Å²) >= 11 is 1.49. The Balaban J connectivity index is 1.31. The predicted molar refractivity (Wildman–Crippen MR) is 83.5 cm³/mol. The summed E-state index contributed by atoms with van der Waals surface area (Å²) in [6.07, 6.45) is 8.91. The van der Waals surface area contributed by atoms with Crippen molar-refractivity contribution in [3.63, 3.8) is 0 Å². The van der Waals surface area contributed by atoms with Gasteiger partial charge in [0.2, 0.25) is 11.1 Å². The van der Waals surface area contributed by atoms with Crippen LogP contribution in [0.5, 0.6) is 0 Å². The summed E-state index contributed by atoms with van der Waals surface area (Å²) < 4.78 is 1.88. The summed E-state index contributed by atoms with van der Waals surface area (Å²) in [5, 5.41) is 12.6. The molecule has 3 fully saturated rings. The Bertz CT molecular complexity index is 544. The third kappa shape index (κ3) is 3.00. The van der Waals surface area contributed by atoms with Crippen LogP contribution in [0.1, 0.15) is 51.0 Å². The summed E-state index contributed by atoms with van der Waals surface area (Å²) in [6.45, 7) is 1.91. The zero-order valence-electron chi connectivity index (χ0n) is 12.9. The first-order chi connectivity index (χ1) is 10.8. The molecular formula is C15H23N5OS. The summed E-state index contributed by atoms with van der Waals surface area (Å²) in [4.78, 5) is 14.6. The van der Waals surface area contributed by atoms with Crippen molar-refractivity contribution in [3.05, 3.63) is 0 Å². The van der Waals surface area contributed by atoms with Crippen LogP contribution in [-0.4, -0.2) is 49.9 Å². The molecule has 0 N–H and O–H groups in total. The minimum atomic E-state index is 0.249. The third-order valence-electron chi connectivity index (χ3n) is 5.32. The lowest BCUT2D eigenvalue weighted by Crippen LogP contribution is -2.45. The van der Waals surface area contributed by atoms with Crippen LogP contribution >= 0.6 is 11.8 Å².